The third-order valence-corrected chi connectivity index (χ3v) is 2.94. The fraction of sp³-hybridized carbons (Fsp3) is 0.833. The van der Waals surface area contributed by atoms with E-state index in [9.17, 15) is 0 Å². The first kappa shape index (κ1) is 11.7. The van der Waals surface area contributed by atoms with Crippen molar-refractivity contribution in [3.63, 3.8) is 0 Å². The maximum absolute atomic E-state index is 5.39. The van der Waals surface area contributed by atoms with Gasteiger partial charge in [-0.05, 0) is 45.6 Å². The molecule has 2 heteroatoms. The molecule has 1 rings (SSSR count). The van der Waals surface area contributed by atoms with E-state index < -0.39 is 0 Å². The van der Waals surface area contributed by atoms with Gasteiger partial charge in [-0.25, -0.2) is 0 Å². The maximum Gasteiger partial charge on any atom is 0.0586 e. The minimum absolute atomic E-state index is 0.489. The number of hydrogen-bond donors (Lipinski definition) is 1. The fourth-order valence-electron chi connectivity index (χ4n) is 2.08. The average molecular weight is 197 g/mol. The van der Waals surface area contributed by atoms with Crippen LogP contribution in [-0.2, 0) is 4.74 Å². The van der Waals surface area contributed by atoms with Crippen LogP contribution in [0.15, 0.2) is 12.2 Å². The van der Waals surface area contributed by atoms with Crippen LogP contribution in [0.1, 0.15) is 39.0 Å². The second-order valence-corrected chi connectivity index (χ2v) is 4.03. The maximum atomic E-state index is 5.39. The first-order chi connectivity index (χ1) is 6.86. The van der Waals surface area contributed by atoms with E-state index in [1.165, 1.54) is 25.7 Å². The van der Waals surface area contributed by atoms with Crippen LogP contribution < -0.4 is 5.32 Å². The number of rotatable bonds is 5. The topological polar surface area (TPSA) is 21.3 Å². The highest BCUT2D eigenvalue weighted by Gasteiger charge is 2.20. The van der Waals surface area contributed by atoms with Crippen molar-refractivity contribution in [1.82, 2.24) is 5.32 Å². The van der Waals surface area contributed by atoms with Gasteiger partial charge in [0, 0.05) is 13.2 Å². The zero-order valence-corrected chi connectivity index (χ0v) is 9.46. The van der Waals surface area contributed by atoms with Crippen molar-refractivity contribution in [3.8, 4) is 0 Å². The SMILES string of the molecule is C/C=C/CCNC1CCCC(OC)C1. The quantitative estimate of drug-likeness (QED) is 0.540. The van der Waals surface area contributed by atoms with Gasteiger partial charge in [0.1, 0.15) is 0 Å². The van der Waals surface area contributed by atoms with Crippen LogP contribution in [0.3, 0.4) is 0 Å². The molecule has 2 atom stereocenters. The molecule has 1 saturated carbocycles. The van der Waals surface area contributed by atoms with Gasteiger partial charge in [-0.2, -0.15) is 0 Å². The second kappa shape index (κ2) is 7.02. The highest BCUT2D eigenvalue weighted by Crippen LogP contribution is 2.20. The number of hydrogen-bond acceptors (Lipinski definition) is 2. The minimum atomic E-state index is 0.489. The molecule has 1 fully saturated rings. The summed E-state index contributed by atoms with van der Waals surface area (Å²) in [7, 11) is 1.83. The Balaban J connectivity index is 2.11. The van der Waals surface area contributed by atoms with E-state index in [4.69, 9.17) is 4.74 Å². The van der Waals surface area contributed by atoms with Crippen molar-refractivity contribution in [1.29, 1.82) is 0 Å². The number of allylic oxidation sites excluding steroid dienone is 1. The summed E-state index contributed by atoms with van der Waals surface area (Å²) in [6.07, 6.45) is 11.0. The lowest BCUT2D eigenvalue weighted by molar-refractivity contribution is 0.0590. The summed E-state index contributed by atoms with van der Waals surface area (Å²) >= 11 is 0. The molecule has 82 valence electrons. The summed E-state index contributed by atoms with van der Waals surface area (Å²) in [4.78, 5) is 0. The smallest absolute Gasteiger partial charge is 0.0586 e. The van der Waals surface area contributed by atoms with Crippen LogP contribution in [0.25, 0.3) is 0 Å². The summed E-state index contributed by atoms with van der Waals surface area (Å²) in [5, 5.41) is 3.59. The van der Waals surface area contributed by atoms with Crippen molar-refractivity contribution in [3.05, 3.63) is 12.2 Å². The van der Waals surface area contributed by atoms with Crippen LogP contribution in [0.4, 0.5) is 0 Å². The Morgan fingerprint density at radius 3 is 3.00 bits per heavy atom. The molecule has 1 aliphatic rings. The summed E-state index contributed by atoms with van der Waals surface area (Å²) < 4.78 is 5.39. The zero-order valence-electron chi connectivity index (χ0n) is 9.46. The monoisotopic (exact) mass is 197 g/mol. The molecule has 0 aliphatic heterocycles. The van der Waals surface area contributed by atoms with Gasteiger partial charge in [0.25, 0.3) is 0 Å². The van der Waals surface area contributed by atoms with Gasteiger partial charge in [0.2, 0.25) is 0 Å². The Hall–Kier alpha value is -0.340. The molecule has 0 heterocycles. The van der Waals surface area contributed by atoms with Crippen LogP contribution in [0, 0.1) is 0 Å². The molecule has 2 nitrogen and oxygen atoms in total. The summed E-state index contributed by atoms with van der Waals surface area (Å²) in [6.45, 7) is 3.17. The van der Waals surface area contributed by atoms with Crippen molar-refractivity contribution in [2.75, 3.05) is 13.7 Å². The number of nitrogens with one attached hydrogen (secondary N) is 1. The van der Waals surface area contributed by atoms with Crippen LogP contribution >= 0.6 is 0 Å². The third-order valence-electron chi connectivity index (χ3n) is 2.94. The lowest BCUT2D eigenvalue weighted by atomic mass is 9.93. The average Bonchev–Trinajstić information content (AvgIpc) is 2.25. The molecule has 1 aliphatic carbocycles. The largest absolute Gasteiger partial charge is 0.381 e. The van der Waals surface area contributed by atoms with E-state index in [0.717, 1.165) is 13.0 Å². The Morgan fingerprint density at radius 1 is 1.43 bits per heavy atom. The number of ether oxygens (including phenoxy) is 1. The molecule has 0 spiro atoms. The van der Waals surface area contributed by atoms with E-state index in [1.54, 1.807) is 0 Å². The van der Waals surface area contributed by atoms with Crippen LogP contribution in [-0.4, -0.2) is 25.8 Å². The molecule has 14 heavy (non-hydrogen) atoms. The molecule has 0 saturated heterocycles. The molecule has 0 aromatic rings. The third kappa shape index (κ3) is 4.25. The van der Waals surface area contributed by atoms with E-state index in [0.29, 0.717) is 12.1 Å². The van der Waals surface area contributed by atoms with Crippen molar-refractivity contribution < 1.29 is 4.74 Å². The standard InChI is InChI=1S/C12H23NO/c1-3-4-5-9-13-11-7-6-8-12(10-11)14-2/h3-4,11-13H,5-10H2,1-2H3/b4-3+. The number of methoxy groups -OCH3 is 1. The lowest BCUT2D eigenvalue weighted by Crippen LogP contribution is -2.37. The summed E-state index contributed by atoms with van der Waals surface area (Å²) in [5.41, 5.74) is 0. The summed E-state index contributed by atoms with van der Waals surface area (Å²) in [6, 6.07) is 0.680. The fourth-order valence-corrected chi connectivity index (χ4v) is 2.08. The minimum Gasteiger partial charge on any atom is -0.381 e. The van der Waals surface area contributed by atoms with Crippen molar-refractivity contribution in [2.45, 2.75) is 51.2 Å². The van der Waals surface area contributed by atoms with E-state index in [-0.39, 0.29) is 0 Å². The van der Waals surface area contributed by atoms with Crippen molar-refractivity contribution in [2.24, 2.45) is 0 Å². The van der Waals surface area contributed by atoms with Gasteiger partial charge in [-0.1, -0.05) is 12.2 Å². The van der Waals surface area contributed by atoms with Crippen LogP contribution in [0.2, 0.25) is 0 Å². The second-order valence-electron chi connectivity index (χ2n) is 4.03. The van der Waals surface area contributed by atoms with Gasteiger partial charge >= 0.3 is 0 Å². The lowest BCUT2D eigenvalue weighted by Gasteiger charge is -2.28. The predicted molar refractivity (Wildman–Crippen MR) is 60.5 cm³/mol. The van der Waals surface area contributed by atoms with Crippen LogP contribution in [0.5, 0.6) is 0 Å². The molecule has 0 aromatic heterocycles. The van der Waals surface area contributed by atoms with E-state index in [1.807, 2.05) is 7.11 Å². The predicted octanol–water partition coefficient (Wildman–Crippen LogP) is 2.50. The summed E-state index contributed by atoms with van der Waals surface area (Å²) in [5.74, 6) is 0. The molecule has 0 bridgehead atoms. The Bertz CT molecular complexity index is 168. The first-order valence-corrected chi connectivity index (χ1v) is 5.74. The highest BCUT2D eigenvalue weighted by molar-refractivity contribution is 4.81. The first-order valence-electron chi connectivity index (χ1n) is 5.74. The Morgan fingerprint density at radius 2 is 2.29 bits per heavy atom. The normalized spacial score (nSPS) is 28.4. The molecule has 0 aromatic carbocycles. The van der Waals surface area contributed by atoms with Crippen molar-refractivity contribution >= 4 is 0 Å². The molecular weight excluding hydrogens is 174 g/mol. The molecule has 1 N–H and O–H groups in total. The molecular formula is C12H23NO. The highest BCUT2D eigenvalue weighted by atomic mass is 16.5. The van der Waals surface area contributed by atoms with Gasteiger partial charge in [-0.15, -0.1) is 0 Å². The van der Waals surface area contributed by atoms with Gasteiger partial charge in [0.15, 0.2) is 0 Å². The van der Waals surface area contributed by atoms with Gasteiger partial charge < -0.3 is 10.1 Å². The van der Waals surface area contributed by atoms with Gasteiger partial charge in [-0.3, -0.25) is 0 Å². The van der Waals surface area contributed by atoms with E-state index >= 15 is 0 Å². The molecule has 2 unspecified atom stereocenters. The zero-order chi connectivity index (χ0) is 10.2. The van der Waals surface area contributed by atoms with Gasteiger partial charge in [0.05, 0.1) is 6.10 Å². The molecule has 0 radical (unpaired) electrons. The Kier molecular flexibility index (Phi) is 5.88. The molecule has 0 amide bonds. The Labute approximate surface area is 87.7 Å². The van der Waals surface area contributed by atoms with E-state index in [2.05, 4.69) is 24.4 Å².